The minimum Gasteiger partial charge on any atom is -0.497 e. The topological polar surface area (TPSA) is 18.5 Å². The van der Waals surface area contributed by atoms with Gasteiger partial charge in [-0.15, -0.1) is 0 Å². The molecule has 0 atom stereocenters. The highest BCUT2D eigenvalue weighted by Gasteiger charge is 1.92. The number of methoxy groups -OCH3 is 1. The predicted octanol–water partition coefficient (Wildman–Crippen LogP) is 3.83. The quantitative estimate of drug-likeness (QED) is 0.739. The van der Waals surface area contributed by atoms with Gasteiger partial charge in [0.1, 0.15) is 11.5 Å². The second kappa shape index (κ2) is 6.50. The van der Waals surface area contributed by atoms with Crippen LogP contribution in [0, 0.1) is 0 Å². The Hall–Kier alpha value is -2.22. The van der Waals surface area contributed by atoms with Crippen LogP contribution >= 0.6 is 0 Å². The molecule has 2 aromatic carbocycles. The number of ether oxygens (including phenoxy) is 2. The van der Waals surface area contributed by atoms with E-state index in [2.05, 4.69) is 12.1 Å². The van der Waals surface area contributed by atoms with Gasteiger partial charge in [-0.3, -0.25) is 0 Å². The van der Waals surface area contributed by atoms with Crippen molar-refractivity contribution in [1.82, 2.24) is 0 Å². The van der Waals surface area contributed by atoms with Crippen LogP contribution in [0.4, 0.5) is 0 Å². The summed E-state index contributed by atoms with van der Waals surface area (Å²) >= 11 is 0. The van der Waals surface area contributed by atoms with Gasteiger partial charge in [-0.2, -0.15) is 0 Å². The zero-order valence-corrected chi connectivity index (χ0v) is 10.4. The van der Waals surface area contributed by atoms with Crippen molar-refractivity contribution in [2.24, 2.45) is 0 Å². The van der Waals surface area contributed by atoms with E-state index in [1.165, 1.54) is 5.56 Å². The van der Waals surface area contributed by atoms with E-state index in [0.717, 1.165) is 17.9 Å². The Morgan fingerprint density at radius 2 is 1.56 bits per heavy atom. The normalized spacial score (nSPS) is 10.5. The van der Waals surface area contributed by atoms with Gasteiger partial charge in [0.2, 0.25) is 0 Å². The van der Waals surface area contributed by atoms with Crippen LogP contribution in [0.5, 0.6) is 11.5 Å². The standard InChI is InChI=1S/C16H16O2/c1-17-15-9-11-16(12-10-15)18-13-5-8-14-6-3-2-4-7-14/h2-7,9-13H,8H2,1H3. The Labute approximate surface area is 107 Å². The number of hydrogen-bond acceptors (Lipinski definition) is 2. The second-order valence-corrected chi connectivity index (χ2v) is 3.85. The number of hydrogen-bond donors (Lipinski definition) is 0. The summed E-state index contributed by atoms with van der Waals surface area (Å²) in [7, 11) is 1.65. The molecule has 0 aliphatic rings. The molecule has 0 bridgehead atoms. The van der Waals surface area contributed by atoms with Crippen molar-refractivity contribution in [3.05, 3.63) is 72.5 Å². The van der Waals surface area contributed by atoms with Crippen molar-refractivity contribution in [3.8, 4) is 11.5 Å². The predicted molar refractivity (Wildman–Crippen MR) is 72.9 cm³/mol. The SMILES string of the molecule is COc1ccc(OC=CCc2ccccc2)cc1. The molecule has 2 aromatic rings. The van der Waals surface area contributed by atoms with E-state index in [0.29, 0.717) is 0 Å². The lowest BCUT2D eigenvalue weighted by atomic mass is 10.2. The monoisotopic (exact) mass is 240 g/mol. The molecule has 0 heterocycles. The zero-order chi connectivity index (χ0) is 12.6. The Morgan fingerprint density at radius 3 is 2.22 bits per heavy atom. The Bertz CT molecular complexity index is 486. The highest BCUT2D eigenvalue weighted by Crippen LogP contribution is 2.17. The summed E-state index contributed by atoms with van der Waals surface area (Å²) in [5.74, 6) is 1.63. The lowest BCUT2D eigenvalue weighted by molar-refractivity contribution is 0.412. The Balaban J connectivity index is 1.83. The maximum Gasteiger partial charge on any atom is 0.126 e. The molecule has 18 heavy (non-hydrogen) atoms. The molecule has 0 aromatic heterocycles. The number of benzene rings is 2. The fraction of sp³-hybridized carbons (Fsp3) is 0.125. The number of allylic oxidation sites excluding steroid dienone is 1. The first-order valence-electron chi connectivity index (χ1n) is 5.88. The van der Waals surface area contributed by atoms with Gasteiger partial charge in [0, 0.05) is 0 Å². The maximum atomic E-state index is 5.49. The molecular formula is C16H16O2. The zero-order valence-electron chi connectivity index (χ0n) is 10.4. The van der Waals surface area contributed by atoms with Crippen LogP contribution in [0.3, 0.4) is 0 Å². The lowest BCUT2D eigenvalue weighted by Crippen LogP contribution is -1.85. The summed E-state index contributed by atoms with van der Waals surface area (Å²) in [5.41, 5.74) is 1.27. The third-order valence-electron chi connectivity index (χ3n) is 2.56. The molecule has 0 aliphatic carbocycles. The van der Waals surface area contributed by atoms with Crippen molar-refractivity contribution < 1.29 is 9.47 Å². The molecule has 92 valence electrons. The smallest absolute Gasteiger partial charge is 0.126 e. The molecule has 2 heteroatoms. The molecule has 0 fully saturated rings. The summed E-state index contributed by atoms with van der Waals surface area (Å²) in [5, 5.41) is 0. The van der Waals surface area contributed by atoms with E-state index in [-0.39, 0.29) is 0 Å². The first kappa shape index (κ1) is 12.2. The third kappa shape index (κ3) is 3.67. The average Bonchev–Trinajstić information content (AvgIpc) is 2.45. The van der Waals surface area contributed by atoms with Crippen LogP contribution in [-0.2, 0) is 6.42 Å². The van der Waals surface area contributed by atoms with Gasteiger partial charge in [-0.1, -0.05) is 30.3 Å². The molecule has 0 amide bonds. The summed E-state index contributed by atoms with van der Waals surface area (Å²) in [6, 6.07) is 17.8. The van der Waals surface area contributed by atoms with Crippen LogP contribution in [0.2, 0.25) is 0 Å². The minimum atomic E-state index is 0.806. The molecular weight excluding hydrogens is 224 g/mol. The van der Waals surface area contributed by atoms with Crippen molar-refractivity contribution >= 4 is 0 Å². The van der Waals surface area contributed by atoms with Gasteiger partial charge in [-0.25, -0.2) is 0 Å². The van der Waals surface area contributed by atoms with Crippen LogP contribution < -0.4 is 9.47 Å². The fourth-order valence-corrected chi connectivity index (χ4v) is 1.58. The number of rotatable bonds is 5. The van der Waals surface area contributed by atoms with Gasteiger partial charge in [0.05, 0.1) is 13.4 Å². The second-order valence-electron chi connectivity index (χ2n) is 3.85. The first-order chi connectivity index (χ1) is 8.88. The van der Waals surface area contributed by atoms with E-state index in [9.17, 15) is 0 Å². The molecule has 0 saturated carbocycles. The fourth-order valence-electron chi connectivity index (χ4n) is 1.58. The van der Waals surface area contributed by atoms with Gasteiger partial charge < -0.3 is 9.47 Å². The Morgan fingerprint density at radius 1 is 0.889 bits per heavy atom. The minimum absolute atomic E-state index is 0.806. The molecule has 0 saturated heterocycles. The molecule has 2 nitrogen and oxygen atoms in total. The largest absolute Gasteiger partial charge is 0.497 e. The van der Waals surface area contributed by atoms with E-state index in [4.69, 9.17) is 9.47 Å². The third-order valence-corrected chi connectivity index (χ3v) is 2.56. The summed E-state index contributed by atoms with van der Waals surface area (Å²) in [6.45, 7) is 0. The highest BCUT2D eigenvalue weighted by atomic mass is 16.5. The molecule has 0 spiro atoms. The van der Waals surface area contributed by atoms with Crippen molar-refractivity contribution in [3.63, 3.8) is 0 Å². The first-order valence-corrected chi connectivity index (χ1v) is 5.88. The van der Waals surface area contributed by atoms with Gasteiger partial charge in [0.15, 0.2) is 0 Å². The summed E-state index contributed by atoms with van der Waals surface area (Å²) in [6.07, 6.45) is 4.59. The van der Waals surface area contributed by atoms with Gasteiger partial charge >= 0.3 is 0 Å². The van der Waals surface area contributed by atoms with Crippen molar-refractivity contribution in [2.75, 3.05) is 7.11 Å². The maximum absolute atomic E-state index is 5.49. The van der Waals surface area contributed by atoms with E-state index in [1.54, 1.807) is 13.4 Å². The Kier molecular flexibility index (Phi) is 4.42. The van der Waals surface area contributed by atoms with Crippen LogP contribution in [0.1, 0.15) is 5.56 Å². The van der Waals surface area contributed by atoms with E-state index >= 15 is 0 Å². The molecule has 0 aliphatic heterocycles. The summed E-state index contributed by atoms with van der Waals surface area (Å²) in [4.78, 5) is 0. The van der Waals surface area contributed by atoms with E-state index < -0.39 is 0 Å². The molecule has 2 rings (SSSR count). The van der Waals surface area contributed by atoms with Crippen molar-refractivity contribution in [1.29, 1.82) is 0 Å². The van der Waals surface area contributed by atoms with Crippen molar-refractivity contribution in [2.45, 2.75) is 6.42 Å². The van der Waals surface area contributed by atoms with Crippen LogP contribution in [0.25, 0.3) is 0 Å². The molecule has 0 radical (unpaired) electrons. The summed E-state index contributed by atoms with van der Waals surface area (Å²) < 4.78 is 10.6. The molecule has 0 N–H and O–H groups in total. The van der Waals surface area contributed by atoms with Crippen LogP contribution in [0.15, 0.2) is 66.9 Å². The lowest BCUT2D eigenvalue weighted by Gasteiger charge is -2.02. The molecule has 0 unspecified atom stereocenters. The highest BCUT2D eigenvalue weighted by molar-refractivity contribution is 5.31. The van der Waals surface area contributed by atoms with Gasteiger partial charge in [-0.05, 0) is 42.3 Å². The van der Waals surface area contributed by atoms with E-state index in [1.807, 2.05) is 48.5 Å². The van der Waals surface area contributed by atoms with Crippen LogP contribution in [-0.4, -0.2) is 7.11 Å². The van der Waals surface area contributed by atoms with Gasteiger partial charge in [0.25, 0.3) is 0 Å². The average molecular weight is 240 g/mol.